The number of phenolic OH excluding ortho intramolecular Hbond substituents is 1. The second kappa shape index (κ2) is 5.72. The molecule has 109 valence electrons. The van der Waals surface area contributed by atoms with Gasteiger partial charge < -0.3 is 10.8 Å². The van der Waals surface area contributed by atoms with Crippen LogP contribution >= 0.6 is 0 Å². The molecule has 0 amide bonds. The van der Waals surface area contributed by atoms with Crippen LogP contribution < -0.4 is 5.73 Å². The Bertz CT molecular complexity index is 922. The normalized spacial score (nSPS) is 12.1. The van der Waals surface area contributed by atoms with Crippen molar-refractivity contribution in [2.75, 3.05) is 5.73 Å². The van der Waals surface area contributed by atoms with Crippen LogP contribution in [0.4, 0.5) is 5.69 Å². The van der Waals surface area contributed by atoms with E-state index in [4.69, 9.17) is 14.8 Å². The summed E-state index contributed by atoms with van der Waals surface area (Å²) >= 11 is 0. The molecular weight excluding hydrogens is 333 g/mol. The molecule has 2 aromatic carbocycles. The second-order valence-corrected chi connectivity index (χ2v) is 6.75. The van der Waals surface area contributed by atoms with Crippen molar-refractivity contribution < 1.29 is 31.0 Å². The Kier molecular flexibility index (Phi) is 4.95. The third-order valence-corrected chi connectivity index (χ3v) is 4.38. The van der Waals surface area contributed by atoms with Crippen molar-refractivity contribution in [2.24, 2.45) is 0 Å². The molecule has 8 nitrogen and oxygen atoms in total. The van der Waals surface area contributed by atoms with Gasteiger partial charge in [-0.25, -0.2) is 0 Å². The maximum Gasteiger partial charge on any atom is 0.295 e. The summed E-state index contributed by atoms with van der Waals surface area (Å²) in [6.45, 7) is 0. The molecule has 2 rings (SSSR count). The number of anilines is 1. The first-order chi connectivity index (χ1) is 9.01. The van der Waals surface area contributed by atoms with Crippen LogP contribution in [0.25, 0.3) is 10.8 Å². The zero-order valence-electron chi connectivity index (χ0n) is 10.7. The number of nitrogen functional groups attached to an aromatic ring is 1. The van der Waals surface area contributed by atoms with Crippen LogP contribution in [-0.2, 0) is 20.2 Å². The van der Waals surface area contributed by atoms with Crippen LogP contribution in [0.5, 0.6) is 5.75 Å². The van der Waals surface area contributed by atoms with E-state index in [1.54, 1.807) is 0 Å². The van der Waals surface area contributed by atoms with Gasteiger partial charge >= 0.3 is 0 Å². The maximum absolute atomic E-state index is 11.3. The molecular formula is C10H9NNaO7S2. The molecule has 0 unspecified atom stereocenters. The summed E-state index contributed by atoms with van der Waals surface area (Å²) in [7, 11) is -9.42. The van der Waals surface area contributed by atoms with Gasteiger partial charge in [-0.2, -0.15) is 16.8 Å². The van der Waals surface area contributed by atoms with Crippen LogP contribution in [0.15, 0.2) is 34.1 Å². The van der Waals surface area contributed by atoms with Gasteiger partial charge in [-0.15, -0.1) is 0 Å². The smallest absolute Gasteiger partial charge is 0.295 e. The summed E-state index contributed by atoms with van der Waals surface area (Å²) < 4.78 is 63.3. The molecule has 0 bridgehead atoms. The number of hydrogen-bond acceptors (Lipinski definition) is 6. The van der Waals surface area contributed by atoms with Crippen molar-refractivity contribution in [3.63, 3.8) is 0 Å². The SMILES string of the molecule is Nc1cc(S(=O)(=O)O)c2c(O)ccc(S(=O)(=O)O)c2c1.[Na]. The van der Waals surface area contributed by atoms with E-state index in [1.807, 2.05) is 0 Å². The van der Waals surface area contributed by atoms with E-state index >= 15 is 0 Å². The molecule has 21 heavy (non-hydrogen) atoms. The van der Waals surface area contributed by atoms with E-state index in [-0.39, 0.29) is 40.6 Å². The van der Waals surface area contributed by atoms with E-state index < -0.39 is 41.2 Å². The third-order valence-electron chi connectivity index (χ3n) is 2.59. The minimum atomic E-state index is -4.75. The van der Waals surface area contributed by atoms with Gasteiger partial charge in [0.05, 0.1) is 0 Å². The molecule has 0 spiro atoms. The molecule has 0 saturated heterocycles. The zero-order valence-corrected chi connectivity index (χ0v) is 14.3. The summed E-state index contributed by atoms with van der Waals surface area (Å²) in [5, 5.41) is 8.94. The van der Waals surface area contributed by atoms with Crippen LogP contribution in [0.2, 0.25) is 0 Å². The molecule has 2 aromatic rings. The van der Waals surface area contributed by atoms with Crippen LogP contribution in [0, 0.1) is 0 Å². The number of benzene rings is 2. The van der Waals surface area contributed by atoms with E-state index in [9.17, 15) is 21.9 Å². The predicted molar refractivity (Wildman–Crippen MR) is 75.4 cm³/mol. The predicted octanol–water partition coefficient (Wildman–Crippen LogP) is 0.240. The van der Waals surface area contributed by atoms with Crippen molar-refractivity contribution in [1.29, 1.82) is 0 Å². The molecule has 0 aromatic heterocycles. The quantitative estimate of drug-likeness (QED) is 0.344. The minimum absolute atomic E-state index is 0. The standard InChI is InChI=1S/C10H9NO7S2.Na/c11-5-3-6-8(19(13,14)15)2-1-7(12)10(6)9(4-5)20(16,17)18;/h1-4,12H,11H2,(H,13,14,15)(H,16,17,18);. The average molecular weight is 342 g/mol. The van der Waals surface area contributed by atoms with E-state index in [0.29, 0.717) is 0 Å². The van der Waals surface area contributed by atoms with Gasteiger partial charge in [0.25, 0.3) is 20.2 Å². The summed E-state index contributed by atoms with van der Waals surface area (Å²) in [6, 6.07) is 3.70. The van der Waals surface area contributed by atoms with Crippen LogP contribution in [-0.4, -0.2) is 60.6 Å². The molecule has 0 aliphatic heterocycles. The van der Waals surface area contributed by atoms with Gasteiger partial charge in [0.2, 0.25) is 0 Å². The topological polar surface area (TPSA) is 155 Å². The van der Waals surface area contributed by atoms with E-state index in [2.05, 4.69) is 0 Å². The first-order valence-electron chi connectivity index (χ1n) is 5.02. The third kappa shape index (κ3) is 3.48. The van der Waals surface area contributed by atoms with Crippen molar-refractivity contribution >= 4 is 66.3 Å². The molecule has 5 N–H and O–H groups in total. The number of aromatic hydroxyl groups is 1. The second-order valence-electron chi connectivity index (χ2n) is 3.97. The largest absolute Gasteiger partial charge is 0.507 e. The fourth-order valence-electron chi connectivity index (χ4n) is 1.85. The Balaban J connectivity index is 0.00000220. The number of hydrogen-bond donors (Lipinski definition) is 4. The van der Waals surface area contributed by atoms with Gasteiger partial charge in [0.15, 0.2) is 0 Å². The summed E-state index contributed by atoms with van der Waals surface area (Å²) in [5.41, 5.74) is 5.28. The number of fused-ring (bicyclic) bond motifs is 1. The molecule has 0 fully saturated rings. The van der Waals surface area contributed by atoms with Crippen LogP contribution in [0.3, 0.4) is 0 Å². The average Bonchev–Trinajstić information content (AvgIpc) is 2.24. The molecule has 0 heterocycles. The maximum atomic E-state index is 11.3. The van der Waals surface area contributed by atoms with E-state index in [0.717, 1.165) is 24.3 Å². The molecule has 1 radical (unpaired) electrons. The van der Waals surface area contributed by atoms with Crippen molar-refractivity contribution in [3.05, 3.63) is 24.3 Å². The van der Waals surface area contributed by atoms with Gasteiger partial charge in [-0.05, 0) is 24.3 Å². The van der Waals surface area contributed by atoms with Gasteiger partial charge in [-0.1, -0.05) is 0 Å². The molecule has 0 aliphatic rings. The van der Waals surface area contributed by atoms with Crippen molar-refractivity contribution in [3.8, 4) is 5.75 Å². The first-order valence-corrected chi connectivity index (χ1v) is 7.90. The van der Waals surface area contributed by atoms with E-state index in [1.165, 1.54) is 0 Å². The molecule has 0 saturated carbocycles. The minimum Gasteiger partial charge on any atom is -0.507 e. The fourth-order valence-corrected chi connectivity index (χ4v) is 3.29. The number of nitrogens with two attached hydrogens (primary N) is 1. The van der Waals surface area contributed by atoms with Gasteiger partial charge in [0.1, 0.15) is 15.5 Å². The number of phenols is 1. The Hall–Kier alpha value is -0.880. The fraction of sp³-hybridized carbons (Fsp3) is 0. The molecule has 0 atom stereocenters. The Morgan fingerprint density at radius 3 is 1.90 bits per heavy atom. The van der Waals surface area contributed by atoms with Crippen LogP contribution in [0.1, 0.15) is 0 Å². The Morgan fingerprint density at radius 2 is 1.43 bits per heavy atom. The number of rotatable bonds is 2. The van der Waals surface area contributed by atoms with Gasteiger partial charge in [0, 0.05) is 46.0 Å². The van der Waals surface area contributed by atoms with Crippen molar-refractivity contribution in [2.45, 2.75) is 9.79 Å². The van der Waals surface area contributed by atoms with Gasteiger partial charge in [-0.3, -0.25) is 9.11 Å². The molecule has 11 heteroatoms. The Morgan fingerprint density at radius 1 is 0.905 bits per heavy atom. The molecule has 0 aliphatic carbocycles. The zero-order chi connectivity index (χ0) is 15.3. The summed E-state index contributed by atoms with van der Waals surface area (Å²) in [6.07, 6.45) is 0. The van der Waals surface area contributed by atoms with Crippen molar-refractivity contribution in [1.82, 2.24) is 0 Å². The monoisotopic (exact) mass is 342 g/mol. The summed E-state index contributed by atoms with van der Waals surface area (Å²) in [4.78, 5) is -1.39. The first kappa shape index (κ1) is 18.2. The summed E-state index contributed by atoms with van der Waals surface area (Å²) in [5.74, 6) is -0.583. The Labute approximate surface area is 142 Å².